The fourth-order valence-corrected chi connectivity index (χ4v) is 3.52. The van der Waals surface area contributed by atoms with E-state index in [1.165, 1.54) is 10.4 Å². The Labute approximate surface area is 120 Å². The summed E-state index contributed by atoms with van der Waals surface area (Å²) in [5.41, 5.74) is 7.38. The van der Waals surface area contributed by atoms with Crippen molar-refractivity contribution < 1.29 is 4.74 Å². The van der Waals surface area contributed by atoms with E-state index >= 15 is 0 Å². The Hall–Kier alpha value is -0.840. The predicted molar refractivity (Wildman–Crippen MR) is 80.4 cm³/mol. The molecule has 0 amide bonds. The van der Waals surface area contributed by atoms with Gasteiger partial charge < -0.3 is 10.5 Å². The standard InChI is InChI=1S/C14H16BrNOS/c1-17-13-5-3-2-4-10(13)8-11(16)9-12-6-7-14(15)18-12/h2-7,11H,8-9,16H2,1H3. The number of hydrogen-bond acceptors (Lipinski definition) is 3. The highest BCUT2D eigenvalue weighted by molar-refractivity contribution is 9.11. The van der Waals surface area contributed by atoms with Crippen molar-refractivity contribution in [3.63, 3.8) is 0 Å². The molecule has 0 aliphatic rings. The Morgan fingerprint density at radius 1 is 1.22 bits per heavy atom. The zero-order valence-electron chi connectivity index (χ0n) is 10.2. The van der Waals surface area contributed by atoms with Crippen LogP contribution in [0.5, 0.6) is 5.75 Å². The van der Waals surface area contributed by atoms with Crippen LogP contribution in [0.3, 0.4) is 0 Å². The number of ether oxygens (including phenoxy) is 1. The molecule has 2 nitrogen and oxygen atoms in total. The quantitative estimate of drug-likeness (QED) is 0.911. The van der Waals surface area contributed by atoms with Crippen LogP contribution in [0, 0.1) is 0 Å². The predicted octanol–water partition coefficient (Wildman–Crippen LogP) is 3.63. The van der Waals surface area contributed by atoms with E-state index in [2.05, 4.69) is 34.1 Å². The highest BCUT2D eigenvalue weighted by Gasteiger charge is 2.10. The lowest BCUT2D eigenvalue weighted by Gasteiger charge is -2.13. The van der Waals surface area contributed by atoms with Crippen LogP contribution >= 0.6 is 27.3 Å². The molecule has 2 rings (SSSR count). The molecule has 0 radical (unpaired) electrons. The lowest BCUT2D eigenvalue weighted by molar-refractivity contribution is 0.408. The molecule has 1 atom stereocenters. The first-order chi connectivity index (χ1) is 8.69. The van der Waals surface area contributed by atoms with Gasteiger partial charge in [-0.2, -0.15) is 0 Å². The molecule has 2 aromatic rings. The maximum absolute atomic E-state index is 6.21. The van der Waals surface area contributed by atoms with Gasteiger partial charge in [-0.1, -0.05) is 18.2 Å². The van der Waals surface area contributed by atoms with E-state index in [1.807, 2.05) is 18.2 Å². The Morgan fingerprint density at radius 2 is 2.00 bits per heavy atom. The molecule has 0 spiro atoms. The number of benzene rings is 1. The number of hydrogen-bond donors (Lipinski definition) is 1. The number of thiophene rings is 1. The number of rotatable bonds is 5. The summed E-state index contributed by atoms with van der Waals surface area (Å²) in [6.45, 7) is 0. The molecule has 2 N–H and O–H groups in total. The molecule has 96 valence electrons. The summed E-state index contributed by atoms with van der Waals surface area (Å²) >= 11 is 5.21. The molecule has 0 aliphatic heterocycles. The van der Waals surface area contributed by atoms with Crippen LogP contribution in [0.4, 0.5) is 0 Å². The summed E-state index contributed by atoms with van der Waals surface area (Å²) in [4.78, 5) is 1.31. The van der Waals surface area contributed by atoms with Crippen molar-refractivity contribution in [1.29, 1.82) is 0 Å². The summed E-state index contributed by atoms with van der Waals surface area (Å²) in [6, 6.07) is 12.3. The zero-order valence-corrected chi connectivity index (χ0v) is 12.6. The average molecular weight is 326 g/mol. The number of halogens is 1. The summed E-state index contributed by atoms with van der Waals surface area (Å²) < 4.78 is 6.49. The van der Waals surface area contributed by atoms with Crippen molar-refractivity contribution in [1.82, 2.24) is 0 Å². The van der Waals surface area contributed by atoms with Crippen LogP contribution in [0.1, 0.15) is 10.4 Å². The first-order valence-electron chi connectivity index (χ1n) is 5.80. The summed E-state index contributed by atoms with van der Waals surface area (Å²) in [5.74, 6) is 0.917. The van der Waals surface area contributed by atoms with Gasteiger partial charge in [0.25, 0.3) is 0 Å². The Balaban J connectivity index is 2.00. The van der Waals surface area contributed by atoms with Crippen molar-refractivity contribution in [2.24, 2.45) is 5.73 Å². The van der Waals surface area contributed by atoms with Crippen molar-refractivity contribution >= 4 is 27.3 Å². The zero-order chi connectivity index (χ0) is 13.0. The van der Waals surface area contributed by atoms with Crippen LogP contribution in [0.15, 0.2) is 40.2 Å². The SMILES string of the molecule is COc1ccccc1CC(N)Cc1ccc(Br)s1. The third-order valence-corrected chi connectivity index (χ3v) is 4.41. The largest absolute Gasteiger partial charge is 0.496 e. The number of nitrogens with two attached hydrogens (primary N) is 1. The second-order valence-corrected chi connectivity index (χ2v) is 6.73. The number of methoxy groups -OCH3 is 1. The van der Waals surface area contributed by atoms with Gasteiger partial charge >= 0.3 is 0 Å². The van der Waals surface area contributed by atoms with Crippen LogP contribution < -0.4 is 10.5 Å². The van der Waals surface area contributed by atoms with Crippen LogP contribution in [0.25, 0.3) is 0 Å². The van der Waals surface area contributed by atoms with Crippen LogP contribution in [-0.2, 0) is 12.8 Å². The molecule has 0 saturated heterocycles. The van der Waals surface area contributed by atoms with Crippen molar-refractivity contribution in [3.05, 3.63) is 50.6 Å². The second kappa shape index (κ2) is 6.36. The summed E-state index contributed by atoms with van der Waals surface area (Å²) in [7, 11) is 1.70. The van der Waals surface area contributed by atoms with Gasteiger partial charge in [-0.25, -0.2) is 0 Å². The fraction of sp³-hybridized carbons (Fsp3) is 0.286. The minimum atomic E-state index is 0.117. The smallest absolute Gasteiger partial charge is 0.122 e. The molecule has 0 saturated carbocycles. The van der Waals surface area contributed by atoms with Gasteiger partial charge in [0, 0.05) is 10.9 Å². The number of para-hydroxylation sites is 1. The van der Waals surface area contributed by atoms with Gasteiger partial charge in [0.2, 0.25) is 0 Å². The maximum Gasteiger partial charge on any atom is 0.122 e. The van der Waals surface area contributed by atoms with Crippen molar-refractivity contribution in [3.8, 4) is 5.75 Å². The highest BCUT2D eigenvalue weighted by atomic mass is 79.9. The van der Waals surface area contributed by atoms with E-state index in [9.17, 15) is 0 Å². The first-order valence-corrected chi connectivity index (χ1v) is 7.41. The molecular formula is C14H16BrNOS. The molecule has 18 heavy (non-hydrogen) atoms. The third kappa shape index (κ3) is 3.57. The van der Waals surface area contributed by atoms with Gasteiger partial charge in [0.1, 0.15) is 5.75 Å². The van der Waals surface area contributed by atoms with Gasteiger partial charge in [0.05, 0.1) is 10.9 Å². The lowest BCUT2D eigenvalue weighted by Crippen LogP contribution is -2.25. The van der Waals surface area contributed by atoms with E-state index in [4.69, 9.17) is 10.5 Å². The Morgan fingerprint density at radius 3 is 2.67 bits per heavy atom. The van der Waals surface area contributed by atoms with E-state index < -0.39 is 0 Å². The van der Waals surface area contributed by atoms with Crippen molar-refractivity contribution in [2.45, 2.75) is 18.9 Å². The molecule has 0 aliphatic carbocycles. The lowest BCUT2D eigenvalue weighted by atomic mass is 10.0. The molecule has 4 heteroatoms. The molecule has 0 fully saturated rings. The molecule has 1 heterocycles. The minimum Gasteiger partial charge on any atom is -0.496 e. The van der Waals surface area contributed by atoms with Gasteiger partial charge in [0.15, 0.2) is 0 Å². The molecular weight excluding hydrogens is 310 g/mol. The molecule has 1 unspecified atom stereocenters. The highest BCUT2D eigenvalue weighted by Crippen LogP contribution is 2.24. The minimum absolute atomic E-state index is 0.117. The Bertz CT molecular complexity index is 512. The average Bonchev–Trinajstić information content (AvgIpc) is 2.75. The van der Waals surface area contributed by atoms with E-state index in [0.29, 0.717) is 0 Å². The molecule has 0 bridgehead atoms. The van der Waals surface area contributed by atoms with E-state index in [1.54, 1.807) is 18.4 Å². The van der Waals surface area contributed by atoms with Crippen molar-refractivity contribution in [2.75, 3.05) is 7.11 Å². The van der Waals surface area contributed by atoms with E-state index in [0.717, 1.165) is 22.4 Å². The monoisotopic (exact) mass is 325 g/mol. The van der Waals surface area contributed by atoms with E-state index in [-0.39, 0.29) is 6.04 Å². The summed E-state index contributed by atoms with van der Waals surface area (Å²) in [6.07, 6.45) is 1.73. The van der Waals surface area contributed by atoms with Gasteiger partial charge in [-0.3, -0.25) is 0 Å². The molecule has 1 aromatic heterocycles. The fourth-order valence-electron chi connectivity index (χ4n) is 1.95. The maximum atomic E-state index is 6.21. The first kappa shape index (κ1) is 13.6. The normalized spacial score (nSPS) is 12.4. The summed E-state index contributed by atoms with van der Waals surface area (Å²) in [5, 5.41) is 0. The Kier molecular flexibility index (Phi) is 4.80. The third-order valence-electron chi connectivity index (χ3n) is 2.77. The topological polar surface area (TPSA) is 35.2 Å². The molecule has 1 aromatic carbocycles. The van der Waals surface area contributed by atoms with Gasteiger partial charge in [-0.05, 0) is 52.5 Å². The van der Waals surface area contributed by atoms with Gasteiger partial charge in [-0.15, -0.1) is 11.3 Å². The second-order valence-electron chi connectivity index (χ2n) is 4.19. The van der Waals surface area contributed by atoms with Crippen LogP contribution in [0.2, 0.25) is 0 Å². The van der Waals surface area contributed by atoms with Crippen LogP contribution in [-0.4, -0.2) is 13.2 Å².